The minimum absolute atomic E-state index is 0.192. The van der Waals surface area contributed by atoms with Crippen LogP contribution in [0.1, 0.15) is 30.9 Å². The highest BCUT2D eigenvalue weighted by Crippen LogP contribution is 2.32. The fraction of sp³-hybridized carbons (Fsp3) is 0.571. The van der Waals surface area contributed by atoms with Crippen LogP contribution in [0.5, 0.6) is 0 Å². The largest absolute Gasteiger partial charge is 0.394 e. The highest BCUT2D eigenvalue weighted by molar-refractivity contribution is 5.32. The molecule has 0 saturated carbocycles. The van der Waals surface area contributed by atoms with Gasteiger partial charge in [0.2, 0.25) is 0 Å². The number of nitrogens with zero attached hydrogens (tertiary/aromatic N) is 1. The molecule has 0 bridgehead atoms. The molecular weight excluding hydrogens is 198 g/mol. The van der Waals surface area contributed by atoms with Gasteiger partial charge in [0, 0.05) is 0 Å². The van der Waals surface area contributed by atoms with Gasteiger partial charge in [-0.2, -0.15) is 0 Å². The van der Waals surface area contributed by atoms with Crippen LogP contribution in [0.25, 0.3) is 0 Å². The Labute approximate surface area is 97.9 Å². The van der Waals surface area contributed by atoms with Crippen molar-refractivity contribution in [1.82, 2.24) is 4.90 Å². The van der Waals surface area contributed by atoms with Gasteiger partial charge in [0.25, 0.3) is 0 Å². The molecule has 1 N–H and O–H groups in total. The van der Waals surface area contributed by atoms with Gasteiger partial charge in [-0.05, 0) is 50.9 Å². The molecule has 0 amide bonds. The summed E-state index contributed by atoms with van der Waals surface area (Å²) in [6, 6.07) is 8.39. The molecular formula is C14H21NO. The second kappa shape index (κ2) is 4.56. The first kappa shape index (κ1) is 11.6. The van der Waals surface area contributed by atoms with Crippen molar-refractivity contribution >= 4 is 0 Å². The summed E-state index contributed by atoms with van der Waals surface area (Å²) in [5, 5.41) is 9.78. The Morgan fingerprint density at radius 3 is 2.44 bits per heavy atom. The number of aliphatic hydroxyl groups excluding tert-OH is 1. The molecule has 1 heterocycles. The molecule has 1 aromatic carbocycles. The van der Waals surface area contributed by atoms with E-state index < -0.39 is 0 Å². The molecule has 1 unspecified atom stereocenters. The number of hydrogen-bond acceptors (Lipinski definition) is 2. The molecule has 1 aromatic rings. The summed E-state index contributed by atoms with van der Waals surface area (Å²) in [7, 11) is 0. The second-order valence-electron chi connectivity index (χ2n) is 4.94. The first-order chi connectivity index (χ1) is 7.68. The van der Waals surface area contributed by atoms with E-state index in [1.165, 1.54) is 24.0 Å². The van der Waals surface area contributed by atoms with Crippen molar-refractivity contribution < 1.29 is 5.11 Å². The normalized spacial score (nSPS) is 20.9. The molecule has 0 aliphatic carbocycles. The summed E-state index contributed by atoms with van der Waals surface area (Å²) in [5.41, 5.74) is 2.33. The molecule has 2 rings (SSSR count). The summed E-state index contributed by atoms with van der Waals surface area (Å²) >= 11 is 0. The van der Waals surface area contributed by atoms with Crippen LogP contribution in [0.15, 0.2) is 24.3 Å². The Bertz CT molecular complexity index is 358. The van der Waals surface area contributed by atoms with Gasteiger partial charge in [0.05, 0.1) is 12.1 Å². The molecule has 88 valence electrons. The van der Waals surface area contributed by atoms with Crippen molar-refractivity contribution in [1.29, 1.82) is 0 Å². The van der Waals surface area contributed by atoms with E-state index in [2.05, 4.69) is 43.0 Å². The van der Waals surface area contributed by atoms with Crippen molar-refractivity contribution in [2.45, 2.75) is 32.2 Å². The second-order valence-corrected chi connectivity index (χ2v) is 4.94. The Balaban J connectivity index is 2.37. The molecule has 0 aromatic heterocycles. The smallest absolute Gasteiger partial charge is 0.0668 e. The maximum absolute atomic E-state index is 9.78. The van der Waals surface area contributed by atoms with E-state index in [-0.39, 0.29) is 12.1 Å². The maximum Gasteiger partial charge on any atom is 0.0668 e. The molecule has 1 aliphatic heterocycles. The summed E-state index contributed by atoms with van der Waals surface area (Å²) in [6.45, 7) is 6.68. The monoisotopic (exact) mass is 219 g/mol. The SMILES string of the molecule is Cc1ccccc1C(C)(CO)N1CCCC1. The molecule has 1 atom stereocenters. The van der Waals surface area contributed by atoms with Crippen molar-refractivity contribution in [2.24, 2.45) is 0 Å². The molecule has 0 spiro atoms. The fourth-order valence-electron chi connectivity index (χ4n) is 2.74. The lowest BCUT2D eigenvalue weighted by molar-refractivity contribution is 0.0595. The highest BCUT2D eigenvalue weighted by Gasteiger charge is 2.35. The Morgan fingerprint density at radius 1 is 1.25 bits per heavy atom. The summed E-state index contributed by atoms with van der Waals surface area (Å²) in [4.78, 5) is 2.41. The average Bonchev–Trinajstić information content (AvgIpc) is 2.82. The third kappa shape index (κ3) is 1.87. The van der Waals surface area contributed by atoms with E-state index in [1.807, 2.05) is 0 Å². The predicted octanol–water partition coefficient (Wildman–Crippen LogP) is 2.30. The molecule has 1 fully saturated rings. The summed E-state index contributed by atoms with van der Waals surface area (Å²) < 4.78 is 0. The van der Waals surface area contributed by atoms with E-state index in [0.29, 0.717) is 0 Å². The zero-order valence-electron chi connectivity index (χ0n) is 10.2. The van der Waals surface area contributed by atoms with Gasteiger partial charge in [-0.25, -0.2) is 0 Å². The Kier molecular flexibility index (Phi) is 3.31. The number of benzene rings is 1. The highest BCUT2D eigenvalue weighted by atomic mass is 16.3. The number of aliphatic hydroxyl groups is 1. The quantitative estimate of drug-likeness (QED) is 0.843. The third-order valence-corrected chi connectivity index (χ3v) is 3.84. The molecule has 2 heteroatoms. The van der Waals surface area contributed by atoms with Crippen LogP contribution in [-0.2, 0) is 5.54 Å². The van der Waals surface area contributed by atoms with Gasteiger partial charge >= 0.3 is 0 Å². The number of likely N-dealkylation sites (tertiary alicyclic amines) is 1. The van der Waals surface area contributed by atoms with E-state index in [0.717, 1.165) is 13.1 Å². The lowest BCUT2D eigenvalue weighted by Gasteiger charge is -2.38. The van der Waals surface area contributed by atoms with Crippen LogP contribution in [0.2, 0.25) is 0 Å². The van der Waals surface area contributed by atoms with Crippen LogP contribution >= 0.6 is 0 Å². The number of rotatable bonds is 3. The van der Waals surface area contributed by atoms with Crippen molar-refractivity contribution in [3.8, 4) is 0 Å². The molecule has 0 radical (unpaired) electrons. The van der Waals surface area contributed by atoms with Gasteiger partial charge in [0.1, 0.15) is 0 Å². The first-order valence-corrected chi connectivity index (χ1v) is 6.10. The van der Waals surface area contributed by atoms with Gasteiger partial charge in [-0.3, -0.25) is 4.90 Å². The Hall–Kier alpha value is -0.860. The van der Waals surface area contributed by atoms with E-state index in [4.69, 9.17) is 0 Å². The third-order valence-electron chi connectivity index (χ3n) is 3.84. The van der Waals surface area contributed by atoms with E-state index in [9.17, 15) is 5.11 Å². The van der Waals surface area contributed by atoms with Crippen LogP contribution in [0.4, 0.5) is 0 Å². The van der Waals surface area contributed by atoms with Crippen LogP contribution in [0, 0.1) is 6.92 Å². The summed E-state index contributed by atoms with van der Waals surface area (Å²) in [5.74, 6) is 0. The predicted molar refractivity (Wildman–Crippen MR) is 66.4 cm³/mol. The van der Waals surface area contributed by atoms with Gasteiger partial charge in [-0.15, -0.1) is 0 Å². The van der Waals surface area contributed by atoms with Crippen molar-refractivity contribution in [3.63, 3.8) is 0 Å². The van der Waals surface area contributed by atoms with E-state index >= 15 is 0 Å². The maximum atomic E-state index is 9.78. The number of aryl methyl sites for hydroxylation is 1. The molecule has 2 nitrogen and oxygen atoms in total. The Morgan fingerprint density at radius 2 is 1.88 bits per heavy atom. The van der Waals surface area contributed by atoms with Crippen LogP contribution in [0.3, 0.4) is 0 Å². The summed E-state index contributed by atoms with van der Waals surface area (Å²) in [6.07, 6.45) is 2.50. The minimum atomic E-state index is -0.207. The van der Waals surface area contributed by atoms with Gasteiger partial charge in [0.15, 0.2) is 0 Å². The van der Waals surface area contributed by atoms with Gasteiger partial charge in [-0.1, -0.05) is 24.3 Å². The van der Waals surface area contributed by atoms with Crippen molar-refractivity contribution in [2.75, 3.05) is 19.7 Å². The average molecular weight is 219 g/mol. The standard InChI is InChI=1S/C14H21NO/c1-12-7-3-4-8-13(12)14(2,11-16)15-9-5-6-10-15/h3-4,7-8,16H,5-6,9-11H2,1-2H3. The van der Waals surface area contributed by atoms with E-state index in [1.54, 1.807) is 0 Å². The van der Waals surface area contributed by atoms with Gasteiger partial charge < -0.3 is 5.11 Å². The van der Waals surface area contributed by atoms with Crippen LogP contribution < -0.4 is 0 Å². The minimum Gasteiger partial charge on any atom is -0.394 e. The lowest BCUT2D eigenvalue weighted by atomic mass is 9.88. The zero-order chi connectivity index (χ0) is 11.6. The van der Waals surface area contributed by atoms with Crippen molar-refractivity contribution in [3.05, 3.63) is 35.4 Å². The molecule has 16 heavy (non-hydrogen) atoms. The zero-order valence-corrected chi connectivity index (χ0v) is 10.2. The topological polar surface area (TPSA) is 23.5 Å². The number of hydrogen-bond donors (Lipinski definition) is 1. The lowest BCUT2D eigenvalue weighted by Crippen LogP contribution is -2.45. The molecule has 1 aliphatic rings. The van der Waals surface area contributed by atoms with Crippen LogP contribution in [-0.4, -0.2) is 29.7 Å². The molecule has 1 saturated heterocycles. The fourth-order valence-corrected chi connectivity index (χ4v) is 2.74. The first-order valence-electron chi connectivity index (χ1n) is 6.10.